The highest BCUT2D eigenvalue weighted by molar-refractivity contribution is 6.08. The first-order valence-electron chi connectivity index (χ1n) is 18.8. The lowest BCUT2D eigenvalue weighted by molar-refractivity contribution is 0.515. The van der Waals surface area contributed by atoms with Gasteiger partial charge >= 0.3 is 0 Å². The largest absolute Gasteiger partial charge is 0.456 e. The Morgan fingerprint density at radius 3 is 2.21 bits per heavy atom. The normalized spacial score (nSPS) is 20.1. The van der Waals surface area contributed by atoms with Crippen LogP contribution in [0.1, 0.15) is 55.7 Å². The molecule has 10 rings (SSSR count). The molecule has 0 aliphatic heterocycles. The molecule has 2 heterocycles. The van der Waals surface area contributed by atoms with E-state index in [1.807, 2.05) is 6.07 Å². The van der Waals surface area contributed by atoms with Crippen molar-refractivity contribution in [3.63, 3.8) is 0 Å². The quantitative estimate of drug-likeness (QED) is 0.176. The van der Waals surface area contributed by atoms with E-state index in [9.17, 15) is 0 Å². The minimum Gasteiger partial charge on any atom is -0.456 e. The lowest BCUT2D eigenvalue weighted by atomic mass is 9.86. The predicted octanol–water partition coefficient (Wildman–Crippen LogP) is 11.2. The fraction of sp³-hybridized carbons (Fsp3) is 0.184. The van der Waals surface area contributed by atoms with Crippen LogP contribution >= 0.6 is 0 Å². The molecule has 0 saturated heterocycles. The first kappa shape index (κ1) is 31.0. The van der Waals surface area contributed by atoms with Crippen molar-refractivity contribution in [2.75, 3.05) is 4.90 Å². The Balaban J connectivity index is 1.01. The third kappa shape index (κ3) is 5.35. The fourth-order valence-electron chi connectivity index (χ4n) is 8.97. The molecule has 5 aromatic carbocycles. The van der Waals surface area contributed by atoms with Crippen molar-refractivity contribution in [2.45, 2.75) is 51.1 Å². The summed E-state index contributed by atoms with van der Waals surface area (Å²) in [5.41, 5.74) is 12.9. The third-order valence-electron chi connectivity index (χ3n) is 11.4. The first-order chi connectivity index (χ1) is 25.7. The van der Waals surface area contributed by atoms with E-state index in [0.717, 1.165) is 59.8 Å². The Bertz CT molecular complexity index is 2690. The van der Waals surface area contributed by atoms with Crippen LogP contribution in [0.5, 0.6) is 0 Å². The number of fused-ring (bicyclic) bond motifs is 6. The van der Waals surface area contributed by atoms with Crippen LogP contribution in [0.2, 0.25) is 0 Å². The van der Waals surface area contributed by atoms with Gasteiger partial charge < -0.3 is 13.7 Å². The predicted molar refractivity (Wildman–Crippen MR) is 216 cm³/mol. The van der Waals surface area contributed by atoms with Crippen LogP contribution < -0.4 is 15.5 Å². The molecule has 3 aliphatic rings. The van der Waals surface area contributed by atoms with Gasteiger partial charge in [0.2, 0.25) is 0 Å². The van der Waals surface area contributed by atoms with Crippen LogP contribution in [-0.4, -0.2) is 12.1 Å². The number of hydrogen-bond donors (Lipinski definition) is 0. The molecule has 7 aromatic rings. The van der Waals surface area contributed by atoms with E-state index >= 15 is 0 Å². The van der Waals surface area contributed by atoms with Gasteiger partial charge in [-0.2, -0.15) is 0 Å². The molecule has 0 amide bonds. The summed E-state index contributed by atoms with van der Waals surface area (Å²) in [7, 11) is 0. The Labute approximate surface area is 304 Å². The maximum atomic E-state index is 6.51. The molecule has 3 nitrogen and oxygen atoms in total. The molecular weight excluding hydrogens is 635 g/mol. The first-order valence-corrected chi connectivity index (χ1v) is 18.8. The van der Waals surface area contributed by atoms with E-state index in [1.54, 1.807) is 0 Å². The van der Waals surface area contributed by atoms with Crippen LogP contribution in [0.15, 0.2) is 154 Å². The number of rotatable bonds is 6. The summed E-state index contributed by atoms with van der Waals surface area (Å²) in [6.45, 7) is 2.31. The Morgan fingerprint density at radius 1 is 0.654 bits per heavy atom. The molecule has 2 aromatic heterocycles. The van der Waals surface area contributed by atoms with E-state index in [-0.39, 0.29) is 6.04 Å². The van der Waals surface area contributed by atoms with Crippen molar-refractivity contribution in [3.05, 3.63) is 173 Å². The zero-order valence-corrected chi connectivity index (χ0v) is 29.5. The van der Waals surface area contributed by atoms with Crippen LogP contribution in [0, 0.1) is 5.92 Å². The number of para-hydroxylation sites is 3. The van der Waals surface area contributed by atoms with Gasteiger partial charge in [0.1, 0.15) is 22.2 Å². The molecule has 3 heteroatoms. The van der Waals surface area contributed by atoms with Crippen molar-refractivity contribution in [2.24, 2.45) is 5.92 Å². The van der Waals surface area contributed by atoms with Gasteiger partial charge in [-0.25, -0.2) is 0 Å². The molecule has 52 heavy (non-hydrogen) atoms. The van der Waals surface area contributed by atoms with E-state index in [1.165, 1.54) is 54.9 Å². The number of allylic oxidation sites excluding steroid dienone is 3. The van der Waals surface area contributed by atoms with Crippen LogP contribution in [0.3, 0.4) is 0 Å². The zero-order valence-electron chi connectivity index (χ0n) is 29.5. The van der Waals surface area contributed by atoms with E-state index in [0.29, 0.717) is 12.0 Å². The van der Waals surface area contributed by atoms with Gasteiger partial charge in [-0.3, -0.25) is 0 Å². The maximum Gasteiger partial charge on any atom is 0.143 e. The number of benzene rings is 5. The number of anilines is 1. The average Bonchev–Trinajstić information content (AvgIpc) is 3.77. The van der Waals surface area contributed by atoms with Gasteiger partial charge in [0.15, 0.2) is 0 Å². The molecule has 3 atom stereocenters. The molecule has 0 bridgehead atoms. The smallest absolute Gasteiger partial charge is 0.143 e. The van der Waals surface area contributed by atoms with Gasteiger partial charge in [0.05, 0.1) is 6.04 Å². The monoisotopic (exact) mass is 675 g/mol. The second-order valence-electron chi connectivity index (χ2n) is 14.8. The highest BCUT2D eigenvalue weighted by atomic mass is 16.3. The van der Waals surface area contributed by atoms with Crippen molar-refractivity contribution < 1.29 is 8.83 Å². The average molecular weight is 676 g/mol. The topological polar surface area (TPSA) is 29.5 Å². The van der Waals surface area contributed by atoms with Gasteiger partial charge in [0, 0.05) is 44.2 Å². The second-order valence-corrected chi connectivity index (χ2v) is 14.8. The molecule has 3 aliphatic carbocycles. The highest BCUT2D eigenvalue weighted by Gasteiger charge is 2.29. The minimum atomic E-state index is 0.239. The summed E-state index contributed by atoms with van der Waals surface area (Å²) < 4.78 is 12.9. The van der Waals surface area contributed by atoms with E-state index in [2.05, 4.69) is 157 Å². The Morgan fingerprint density at radius 2 is 1.40 bits per heavy atom. The summed E-state index contributed by atoms with van der Waals surface area (Å²) in [4.78, 5) is 2.71. The SMILES string of the molecule is CC1C=c2c(oc3ccccc23)=C(c2ccc(N(C3C=CC(c4cccc5c4oc4ccccc45)=CC3)C3CCC=C(c4ccccc4)C3)cc2)C1. The summed E-state index contributed by atoms with van der Waals surface area (Å²) >= 11 is 0. The molecular formula is C49H41NO2. The zero-order chi connectivity index (χ0) is 34.6. The van der Waals surface area contributed by atoms with Crippen molar-refractivity contribution >= 4 is 61.4 Å². The summed E-state index contributed by atoms with van der Waals surface area (Å²) in [5, 5.41) is 4.79. The molecule has 0 N–H and O–H groups in total. The summed E-state index contributed by atoms with van der Waals surface area (Å²) in [5.74, 6) is 0.448. The van der Waals surface area contributed by atoms with Gasteiger partial charge in [-0.1, -0.05) is 134 Å². The number of hydrogen-bond acceptors (Lipinski definition) is 3. The lowest BCUT2D eigenvalue weighted by Crippen LogP contribution is -2.44. The van der Waals surface area contributed by atoms with Gasteiger partial charge in [-0.05, 0) is 84.6 Å². The second kappa shape index (κ2) is 12.8. The van der Waals surface area contributed by atoms with E-state index < -0.39 is 0 Å². The summed E-state index contributed by atoms with van der Waals surface area (Å²) in [6.07, 6.45) is 17.2. The standard InChI is InChI=1S/C49H41NO2/c1-32-29-44(49-45(30-32)42-16-6-8-20-47(42)52-49)35-23-27-38(28-24-35)50(39-14-9-13-36(31-39)33-11-3-2-4-12-33)37-25-21-34(22-26-37)40-17-10-18-43-41-15-5-7-19-46(41)51-48(40)43/h2-8,10-13,15-25,27-28,30,32,37,39H,9,14,26,29,31H2,1H3. The van der Waals surface area contributed by atoms with Gasteiger partial charge in [-0.15, -0.1) is 0 Å². The molecule has 0 spiro atoms. The molecule has 3 unspecified atom stereocenters. The summed E-state index contributed by atoms with van der Waals surface area (Å²) in [6, 6.07) is 44.2. The number of furan rings is 2. The Kier molecular flexibility index (Phi) is 7.60. The van der Waals surface area contributed by atoms with Crippen molar-refractivity contribution in [3.8, 4) is 0 Å². The third-order valence-corrected chi connectivity index (χ3v) is 11.4. The maximum absolute atomic E-state index is 6.51. The van der Waals surface area contributed by atoms with Crippen LogP contribution in [0.4, 0.5) is 5.69 Å². The Hall–Kier alpha value is -5.80. The minimum absolute atomic E-state index is 0.239. The number of nitrogens with zero attached hydrogens (tertiary/aromatic N) is 1. The van der Waals surface area contributed by atoms with Gasteiger partial charge in [0.25, 0.3) is 0 Å². The lowest BCUT2D eigenvalue weighted by Gasteiger charge is -2.41. The van der Waals surface area contributed by atoms with Crippen LogP contribution in [0.25, 0.3) is 55.7 Å². The highest BCUT2D eigenvalue weighted by Crippen LogP contribution is 2.39. The van der Waals surface area contributed by atoms with Crippen molar-refractivity contribution in [1.29, 1.82) is 0 Å². The molecule has 254 valence electrons. The molecule has 0 radical (unpaired) electrons. The molecule has 0 fully saturated rings. The van der Waals surface area contributed by atoms with Crippen LogP contribution in [-0.2, 0) is 0 Å². The van der Waals surface area contributed by atoms with Crippen molar-refractivity contribution in [1.82, 2.24) is 0 Å². The fourth-order valence-corrected chi connectivity index (χ4v) is 8.97. The molecule has 0 saturated carbocycles. The van der Waals surface area contributed by atoms with E-state index in [4.69, 9.17) is 8.83 Å².